The van der Waals surface area contributed by atoms with E-state index in [4.69, 9.17) is 0 Å². The summed E-state index contributed by atoms with van der Waals surface area (Å²) in [5, 5.41) is 0. The normalized spacial score (nSPS) is 16.8. The van der Waals surface area contributed by atoms with Crippen molar-refractivity contribution in [1.82, 2.24) is 14.9 Å². The minimum Gasteiger partial charge on any atom is -0.341 e. The van der Waals surface area contributed by atoms with Gasteiger partial charge in [-0.1, -0.05) is 18.2 Å². The topological polar surface area (TPSA) is 49.3 Å². The molecule has 0 bridgehead atoms. The molecule has 1 fully saturated rings. The summed E-state index contributed by atoms with van der Waals surface area (Å²) in [6.45, 7) is 2.91. The van der Waals surface area contributed by atoms with Crippen LogP contribution < -0.4 is 4.90 Å². The molecule has 0 unspecified atom stereocenters. The van der Waals surface area contributed by atoms with Crippen LogP contribution in [0.1, 0.15) is 34.5 Å². The SMILES string of the molecule is O=C1c2cnc(N3CCCC3)nc2CN1CCc1ccccc1F. The van der Waals surface area contributed by atoms with Crippen LogP contribution >= 0.6 is 0 Å². The average molecular weight is 326 g/mol. The number of carbonyl (C=O) groups is 1. The quantitative estimate of drug-likeness (QED) is 0.866. The second kappa shape index (κ2) is 6.19. The van der Waals surface area contributed by atoms with Gasteiger partial charge >= 0.3 is 0 Å². The molecule has 124 valence electrons. The first-order valence-corrected chi connectivity index (χ1v) is 8.36. The Morgan fingerprint density at radius 1 is 1.17 bits per heavy atom. The highest BCUT2D eigenvalue weighted by atomic mass is 19.1. The first-order valence-electron chi connectivity index (χ1n) is 8.36. The predicted molar refractivity (Wildman–Crippen MR) is 88.3 cm³/mol. The van der Waals surface area contributed by atoms with Crippen LogP contribution in [0, 0.1) is 5.82 Å². The lowest BCUT2D eigenvalue weighted by Crippen LogP contribution is -2.26. The number of carbonyl (C=O) groups excluding carboxylic acids is 1. The van der Waals surface area contributed by atoms with E-state index >= 15 is 0 Å². The van der Waals surface area contributed by atoms with E-state index in [0.717, 1.165) is 37.6 Å². The molecular weight excluding hydrogens is 307 g/mol. The van der Waals surface area contributed by atoms with Gasteiger partial charge in [0, 0.05) is 25.8 Å². The highest BCUT2D eigenvalue weighted by molar-refractivity contribution is 5.97. The number of aromatic nitrogens is 2. The zero-order valence-electron chi connectivity index (χ0n) is 13.4. The van der Waals surface area contributed by atoms with Gasteiger partial charge in [-0.15, -0.1) is 0 Å². The second-order valence-electron chi connectivity index (χ2n) is 6.29. The van der Waals surface area contributed by atoms with Gasteiger partial charge in [-0.3, -0.25) is 4.79 Å². The first kappa shape index (κ1) is 15.1. The Kier molecular flexibility index (Phi) is 3.88. The molecule has 2 aliphatic heterocycles. The van der Waals surface area contributed by atoms with Gasteiger partial charge in [-0.2, -0.15) is 0 Å². The van der Waals surface area contributed by atoms with E-state index < -0.39 is 0 Å². The summed E-state index contributed by atoms with van der Waals surface area (Å²) < 4.78 is 13.7. The number of fused-ring (bicyclic) bond motifs is 1. The summed E-state index contributed by atoms with van der Waals surface area (Å²) in [6, 6.07) is 6.69. The van der Waals surface area contributed by atoms with Gasteiger partial charge in [0.1, 0.15) is 5.82 Å². The van der Waals surface area contributed by atoms with Crippen LogP contribution in [0.2, 0.25) is 0 Å². The molecule has 0 atom stereocenters. The second-order valence-corrected chi connectivity index (χ2v) is 6.29. The van der Waals surface area contributed by atoms with E-state index in [2.05, 4.69) is 14.9 Å². The summed E-state index contributed by atoms with van der Waals surface area (Å²) in [5.74, 6) is 0.432. The van der Waals surface area contributed by atoms with Crippen LogP contribution in [0.3, 0.4) is 0 Å². The van der Waals surface area contributed by atoms with Gasteiger partial charge in [0.25, 0.3) is 5.91 Å². The third-order valence-corrected chi connectivity index (χ3v) is 4.71. The summed E-state index contributed by atoms with van der Waals surface area (Å²) in [6.07, 6.45) is 4.46. The molecule has 1 aromatic heterocycles. The molecule has 0 radical (unpaired) electrons. The van der Waals surface area contributed by atoms with Gasteiger partial charge in [-0.05, 0) is 30.9 Å². The van der Waals surface area contributed by atoms with E-state index in [1.807, 2.05) is 6.07 Å². The molecule has 0 spiro atoms. The Morgan fingerprint density at radius 2 is 1.96 bits per heavy atom. The molecule has 2 aliphatic rings. The number of rotatable bonds is 4. The summed E-state index contributed by atoms with van der Waals surface area (Å²) in [5.41, 5.74) is 1.99. The molecule has 24 heavy (non-hydrogen) atoms. The van der Waals surface area contributed by atoms with Crippen LogP contribution in [0.4, 0.5) is 10.3 Å². The van der Waals surface area contributed by atoms with Crippen molar-refractivity contribution in [2.24, 2.45) is 0 Å². The number of hydrogen-bond acceptors (Lipinski definition) is 4. The van der Waals surface area contributed by atoms with Gasteiger partial charge in [0.2, 0.25) is 5.95 Å². The van der Waals surface area contributed by atoms with Crippen molar-refractivity contribution in [3.8, 4) is 0 Å². The largest absolute Gasteiger partial charge is 0.341 e. The first-order chi connectivity index (χ1) is 11.7. The highest BCUT2D eigenvalue weighted by Crippen LogP contribution is 2.24. The van der Waals surface area contributed by atoms with Crippen molar-refractivity contribution in [2.75, 3.05) is 24.5 Å². The number of hydrogen-bond donors (Lipinski definition) is 0. The maximum absolute atomic E-state index is 13.7. The van der Waals surface area contributed by atoms with Crippen molar-refractivity contribution in [1.29, 1.82) is 0 Å². The standard InChI is InChI=1S/C18H19FN4O/c19-15-6-2-1-5-13(15)7-10-23-12-16-14(17(23)24)11-20-18(21-16)22-8-3-4-9-22/h1-2,5-6,11H,3-4,7-10,12H2. The Morgan fingerprint density at radius 3 is 2.75 bits per heavy atom. The molecule has 2 aromatic rings. The summed E-state index contributed by atoms with van der Waals surface area (Å²) >= 11 is 0. The fourth-order valence-electron chi connectivity index (χ4n) is 3.34. The predicted octanol–water partition coefficient (Wildman–Crippen LogP) is 2.41. The van der Waals surface area contributed by atoms with Crippen molar-refractivity contribution in [3.63, 3.8) is 0 Å². The number of anilines is 1. The maximum atomic E-state index is 13.7. The summed E-state index contributed by atoms with van der Waals surface area (Å²) in [4.78, 5) is 25.3. The van der Waals surface area contributed by atoms with Crippen molar-refractivity contribution in [2.45, 2.75) is 25.8 Å². The average Bonchev–Trinajstić information content (AvgIpc) is 3.23. The van der Waals surface area contributed by atoms with E-state index in [1.54, 1.807) is 23.2 Å². The maximum Gasteiger partial charge on any atom is 0.257 e. The van der Waals surface area contributed by atoms with Gasteiger partial charge in [0.15, 0.2) is 0 Å². The Hall–Kier alpha value is -2.50. The zero-order valence-corrected chi connectivity index (χ0v) is 13.4. The molecule has 5 nitrogen and oxygen atoms in total. The third kappa shape index (κ3) is 2.72. The van der Waals surface area contributed by atoms with Crippen LogP contribution in [-0.4, -0.2) is 40.4 Å². The highest BCUT2D eigenvalue weighted by Gasteiger charge is 2.30. The van der Waals surface area contributed by atoms with Crippen molar-refractivity contribution in [3.05, 3.63) is 53.1 Å². The number of nitrogens with zero attached hydrogens (tertiary/aromatic N) is 4. The molecule has 1 saturated heterocycles. The van der Waals surface area contributed by atoms with E-state index in [1.165, 1.54) is 6.07 Å². The Balaban J connectivity index is 1.47. The van der Waals surface area contributed by atoms with Crippen molar-refractivity contribution < 1.29 is 9.18 Å². The molecule has 0 N–H and O–H groups in total. The molecule has 3 heterocycles. The van der Waals surface area contributed by atoms with Gasteiger partial charge in [-0.25, -0.2) is 14.4 Å². The van der Waals surface area contributed by atoms with Crippen LogP contribution in [0.25, 0.3) is 0 Å². The number of amides is 1. The van der Waals surface area contributed by atoms with E-state index in [9.17, 15) is 9.18 Å². The molecule has 0 aliphatic carbocycles. The fourth-order valence-corrected chi connectivity index (χ4v) is 3.34. The third-order valence-electron chi connectivity index (χ3n) is 4.71. The Labute approximate surface area is 140 Å². The lowest BCUT2D eigenvalue weighted by Gasteiger charge is -2.15. The molecule has 1 amide bonds. The fraction of sp³-hybridized carbons (Fsp3) is 0.389. The summed E-state index contributed by atoms with van der Waals surface area (Å²) in [7, 11) is 0. The van der Waals surface area contributed by atoms with Crippen LogP contribution in [-0.2, 0) is 13.0 Å². The number of halogens is 1. The molecule has 6 heteroatoms. The zero-order chi connectivity index (χ0) is 16.5. The lowest BCUT2D eigenvalue weighted by atomic mass is 10.1. The van der Waals surface area contributed by atoms with Crippen LogP contribution in [0.15, 0.2) is 30.5 Å². The van der Waals surface area contributed by atoms with Crippen molar-refractivity contribution >= 4 is 11.9 Å². The smallest absolute Gasteiger partial charge is 0.257 e. The molecule has 1 aromatic carbocycles. The molecular formula is C18H19FN4O. The van der Waals surface area contributed by atoms with Gasteiger partial charge < -0.3 is 9.80 Å². The lowest BCUT2D eigenvalue weighted by molar-refractivity contribution is 0.0779. The Bertz CT molecular complexity index is 773. The van der Waals surface area contributed by atoms with E-state index in [-0.39, 0.29) is 11.7 Å². The molecule has 4 rings (SSSR count). The molecule has 0 saturated carbocycles. The van der Waals surface area contributed by atoms with E-state index in [0.29, 0.717) is 30.6 Å². The monoisotopic (exact) mass is 326 g/mol. The number of benzene rings is 1. The minimum atomic E-state index is -0.224. The minimum absolute atomic E-state index is 0.0608. The van der Waals surface area contributed by atoms with Gasteiger partial charge in [0.05, 0.1) is 17.8 Å². The van der Waals surface area contributed by atoms with Crippen LogP contribution in [0.5, 0.6) is 0 Å².